The molecule has 2 heterocycles. The van der Waals surface area contributed by atoms with Gasteiger partial charge >= 0.3 is 0 Å². The molecule has 0 aromatic heterocycles. The summed E-state index contributed by atoms with van der Waals surface area (Å²) in [6.45, 7) is 3.22. The third kappa shape index (κ3) is 4.46. The molecule has 0 unspecified atom stereocenters. The maximum Gasteiger partial charge on any atom is 0.255 e. The largest absolute Gasteiger partial charge is 0.390 e. The molecule has 2 aliphatic heterocycles. The first-order valence-electron chi connectivity index (χ1n) is 12.7. The van der Waals surface area contributed by atoms with E-state index in [2.05, 4.69) is 11.0 Å². The Kier molecular flexibility index (Phi) is 6.32. The van der Waals surface area contributed by atoms with Crippen LogP contribution in [-0.2, 0) is 0 Å². The highest BCUT2D eigenvalue weighted by atomic mass is 35.5. The Morgan fingerprint density at radius 3 is 1.95 bits per heavy atom. The molecule has 2 saturated heterocycles. The first-order valence-corrected chi connectivity index (χ1v) is 13.0. The van der Waals surface area contributed by atoms with Crippen LogP contribution >= 0.6 is 11.6 Å². The maximum absolute atomic E-state index is 13.9. The fourth-order valence-electron chi connectivity index (χ4n) is 5.73. The Bertz CT molecular complexity index is 1430. The predicted octanol–water partition coefficient (Wildman–Crippen LogP) is 4.29. The molecule has 0 spiro atoms. The van der Waals surface area contributed by atoms with E-state index in [1.807, 2.05) is 53.4 Å². The number of aliphatic hydroxyl groups is 1. The van der Waals surface area contributed by atoms with Gasteiger partial charge in [-0.1, -0.05) is 60.1 Å². The second kappa shape index (κ2) is 9.78. The smallest absolute Gasteiger partial charge is 0.255 e. The average Bonchev–Trinajstić information content (AvgIpc) is 3.33. The van der Waals surface area contributed by atoms with Crippen LogP contribution in [-0.4, -0.2) is 83.0 Å². The highest BCUT2D eigenvalue weighted by Gasteiger charge is 2.40. The van der Waals surface area contributed by atoms with Gasteiger partial charge in [0.1, 0.15) is 0 Å². The van der Waals surface area contributed by atoms with Crippen LogP contribution in [0.1, 0.15) is 20.7 Å². The Morgan fingerprint density at radius 2 is 1.32 bits per heavy atom. The summed E-state index contributed by atoms with van der Waals surface area (Å²) >= 11 is 5.95. The van der Waals surface area contributed by atoms with Crippen molar-refractivity contribution in [2.45, 2.75) is 12.1 Å². The number of hydrogen-bond donors (Lipinski definition) is 1. The summed E-state index contributed by atoms with van der Waals surface area (Å²) in [6.07, 6.45) is -0.635. The van der Waals surface area contributed by atoms with E-state index in [9.17, 15) is 14.7 Å². The fraction of sp³-hybridized carbons (Fsp3) is 0.267. The molecular formula is C30H28ClN3O3. The number of benzene rings is 4. The molecule has 2 aliphatic rings. The predicted molar refractivity (Wildman–Crippen MR) is 146 cm³/mol. The monoisotopic (exact) mass is 513 g/mol. The van der Waals surface area contributed by atoms with Crippen molar-refractivity contribution in [1.82, 2.24) is 14.7 Å². The minimum Gasteiger partial charge on any atom is -0.390 e. The molecule has 0 aliphatic carbocycles. The number of amides is 2. The van der Waals surface area contributed by atoms with Crippen LogP contribution in [0.5, 0.6) is 0 Å². The van der Waals surface area contributed by atoms with Gasteiger partial charge in [-0.15, -0.1) is 0 Å². The second-order valence-electron chi connectivity index (χ2n) is 9.87. The number of piperazine rings is 1. The number of carbonyl (C=O) groups excluding carboxylic acids is 2. The van der Waals surface area contributed by atoms with Crippen molar-refractivity contribution in [1.29, 1.82) is 0 Å². The summed E-state index contributed by atoms with van der Waals surface area (Å²) in [4.78, 5) is 32.6. The number of hydrogen-bond acceptors (Lipinski definition) is 4. The van der Waals surface area contributed by atoms with E-state index < -0.39 is 6.10 Å². The van der Waals surface area contributed by atoms with Gasteiger partial charge in [0.15, 0.2) is 0 Å². The number of aliphatic hydroxyl groups excluding tert-OH is 1. The molecule has 0 bridgehead atoms. The van der Waals surface area contributed by atoms with Crippen LogP contribution < -0.4 is 0 Å². The molecule has 37 heavy (non-hydrogen) atoms. The van der Waals surface area contributed by atoms with Crippen LogP contribution in [0.4, 0.5) is 0 Å². The molecule has 4 aromatic carbocycles. The molecule has 1 N–H and O–H groups in total. The zero-order valence-electron chi connectivity index (χ0n) is 20.4. The molecule has 0 saturated carbocycles. The van der Waals surface area contributed by atoms with Gasteiger partial charge in [-0.3, -0.25) is 14.5 Å². The van der Waals surface area contributed by atoms with Crippen molar-refractivity contribution in [2.75, 3.05) is 39.3 Å². The Morgan fingerprint density at radius 1 is 0.730 bits per heavy atom. The quantitative estimate of drug-likeness (QED) is 0.415. The summed E-state index contributed by atoms with van der Waals surface area (Å²) in [6, 6.07) is 24.9. The van der Waals surface area contributed by atoms with Crippen LogP contribution in [0.15, 0.2) is 78.9 Å². The van der Waals surface area contributed by atoms with E-state index in [0.717, 1.165) is 21.5 Å². The van der Waals surface area contributed by atoms with E-state index in [4.69, 9.17) is 11.6 Å². The zero-order chi connectivity index (χ0) is 25.5. The van der Waals surface area contributed by atoms with E-state index in [-0.39, 0.29) is 17.9 Å². The second-order valence-corrected chi connectivity index (χ2v) is 10.3. The van der Waals surface area contributed by atoms with Gasteiger partial charge in [-0.05, 0) is 51.9 Å². The standard InChI is InChI=1S/C30H28ClN3O3/c31-23-11-9-20(10-12-23)29(36)33-15-13-32(14-16-33)26-18-34(19-27(26)35)30(37)28-24-7-3-1-5-21(24)17-22-6-2-4-8-25(22)28/h1-12,17,26-27,35H,13-16,18-19H2/t26-,27-/m1/s1. The van der Waals surface area contributed by atoms with Crippen LogP contribution in [0, 0.1) is 0 Å². The number of likely N-dealkylation sites (tertiary alicyclic amines) is 1. The van der Waals surface area contributed by atoms with Gasteiger partial charge in [-0.25, -0.2) is 0 Å². The SMILES string of the molecule is O=C(c1ccc(Cl)cc1)N1CCN([C@@H]2CN(C(=O)c3c4ccccc4cc4ccccc34)C[C@H]2O)CC1. The van der Waals surface area contributed by atoms with Crippen LogP contribution in [0.3, 0.4) is 0 Å². The number of β-amino-alcohol motifs (C(OH)–C–C–N with tert-alkyl or cyclic N) is 1. The molecule has 188 valence electrons. The van der Waals surface area contributed by atoms with E-state index in [1.165, 1.54) is 0 Å². The highest BCUT2D eigenvalue weighted by molar-refractivity contribution is 6.30. The third-order valence-corrected chi connectivity index (χ3v) is 7.95. The molecule has 6 nitrogen and oxygen atoms in total. The topological polar surface area (TPSA) is 64.1 Å². The lowest BCUT2D eigenvalue weighted by Gasteiger charge is -2.38. The van der Waals surface area contributed by atoms with Gasteiger partial charge in [0.25, 0.3) is 11.8 Å². The van der Waals surface area contributed by atoms with Crippen molar-refractivity contribution in [3.8, 4) is 0 Å². The first-order chi connectivity index (χ1) is 18.0. The third-order valence-electron chi connectivity index (χ3n) is 7.69. The molecule has 0 radical (unpaired) electrons. The lowest BCUT2D eigenvalue weighted by Crippen LogP contribution is -2.54. The van der Waals surface area contributed by atoms with Gasteiger partial charge in [0.2, 0.25) is 0 Å². The van der Waals surface area contributed by atoms with Gasteiger partial charge in [0, 0.05) is 49.9 Å². The Balaban J connectivity index is 1.18. The van der Waals surface area contributed by atoms with Gasteiger partial charge in [-0.2, -0.15) is 0 Å². The maximum atomic E-state index is 13.9. The summed E-state index contributed by atoms with van der Waals surface area (Å²) in [5.74, 6) is -0.0611. The number of halogens is 1. The van der Waals surface area contributed by atoms with Crippen molar-refractivity contribution >= 4 is 45.0 Å². The van der Waals surface area contributed by atoms with Crippen molar-refractivity contribution in [3.63, 3.8) is 0 Å². The van der Waals surface area contributed by atoms with E-state index in [0.29, 0.717) is 55.4 Å². The van der Waals surface area contributed by atoms with Crippen LogP contribution in [0.25, 0.3) is 21.5 Å². The number of rotatable bonds is 3. The molecule has 2 amide bonds. The molecule has 7 heteroatoms. The molecule has 4 aromatic rings. The number of carbonyl (C=O) groups is 2. The van der Waals surface area contributed by atoms with E-state index in [1.54, 1.807) is 29.2 Å². The Labute approximate surface area is 220 Å². The summed E-state index contributed by atoms with van der Waals surface area (Å²) < 4.78 is 0. The molecule has 2 atom stereocenters. The Hall–Kier alpha value is -3.45. The number of fused-ring (bicyclic) bond motifs is 2. The van der Waals surface area contributed by atoms with E-state index >= 15 is 0 Å². The minimum atomic E-state index is -0.635. The minimum absolute atomic E-state index is 0.0112. The molecule has 2 fully saturated rings. The lowest BCUT2D eigenvalue weighted by atomic mass is 9.96. The molecular weight excluding hydrogens is 486 g/mol. The lowest BCUT2D eigenvalue weighted by molar-refractivity contribution is 0.0376. The van der Waals surface area contributed by atoms with Crippen molar-refractivity contribution in [3.05, 3.63) is 95.0 Å². The number of nitrogens with zero attached hydrogens (tertiary/aromatic N) is 3. The summed E-state index contributed by atoms with van der Waals surface area (Å²) in [7, 11) is 0. The first kappa shape index (κ1) is 23.9. The zero-order valence-corrected chi connectivity index (χ0v) is 21.1. The van der Waals surface area contributed by atoms with Gasteiger partial charge in [0.05, 0.1) is 17.7 Å². The summed E-state index contributed by atoms with van der Waals surface area (Å²) in [5, 5.41) is 15.5. The van der Waals surface area contributed by atoms with Gasteiger partial charge < -0.3 is 14.9 Å². The average molecular weight is 514 g/mol. The van der Waals surface area contributed by atoms with Crippen molar-refractivity contribution in [2.24, 2.45) is 0 Å². The van der Waals surface area contributed by atoms with Crippen molar-refractivity contribution < 1.29 is 14.7 Å². The van der Waals surface area contributed by atoms with Crippen LogP contribution in [0.2, 0.25) is 5.02 Å². The normalized spacial score (nSPS) is 20.6. The highest BCUT2D eigenvalue weighted by Crippen LogP contribution is 2.31. The summed E-state index contributed by atoms with van der Waals surface area (Å²) in [5.41, 5.74) is 1.32. The molecule has 6 rings (SSSR count). The fourth-order valence-corrected chi connectivity index (χ4v) is 5.85.